The summed E-state index contributed by atoms with van der Waals surface area (Å²) in [7, 11) is 1.52. The van der Waals surface area contributed by atoms with E-state index in [0.717, 1.165) is 32.5 Å². The number of methoxy groups -OCH3 is 1. The van der Waals surface area contributed by atoms with E-state index in [-0.39, 0.29) is 11.9 Å². The molecule has 1 aromatic rings. The average molecular weight is 340 g/mol. The van der Waals surface area contributed by atoms with Gasteiger partial charge in [-0.2, -0.15) is 0 Å². The first-order chi connectivity index (χ1) is 11.0. The molecule has 128 valence electrons. The van der Waals surface area contributed by atoms with Gasteiger partial charge in [-0.25, -0.2) is 0 Å². The van der Waals surface area contributed by atoms with E-state index in [2.05, 4.69) is 17.1 Å². The minimum atomic E-state index is -0.157. The fourth-order valence-corrected chi connectivity index (χ4v) is 3.02. The molecule has 1 aromatic carbocycles. The maximum absolute atomic E-state index is 12.5. The monoisotopic (exact) mass is 339 g/mol. The van der Waals surface area contributed by atoms with Crippen LogP contribution >= 0.6 is 11.6 Å². The molecule has 0 radical (unpaired) electrons. The van der Waals surface area contributed by atoms with Crippen molar-refractivity contribution in [2.24, 2.45) is 0 Å². The second-order valence-corrected chi connectivity index (χ2v) is 6.42. The van der Waals surface area contributed by atoms with Crippen LogP contribution in [-0.4, -0.2) is 43.6 Å². The molecule has 1 saturated heterocycles. The Labute approximate surface area is 143 Å². The van der Waals surface area contributed by atoms with Crippen LogP contribution in [-0.2, 0) is 0 Å². The first kappa shape index (κ1) is 17.9. The molecule has 1 aliphatic rings. The Morgan fingerprint density at radius 2 is 2.13 bits per heavy atom. The molecule has 5 nitrogen and oxygen atoms in total. The number of unbranched alkanes of at least 4 members (excludes halogenated alkanes) is 1. The number of carbonyl (C=O) groups excluding carboxylic acids is 1. The minimum absolute atomic E-state index is 0.157. The van der Waals surface area contributed by atoms with E-state index in [1.165, 1.54) is 20.0 Å². The first-order valence-electron chi connectivity index (χ1n) is 8.21. The van der Waals surface area contributed by atoms with Gasteiger partial charge in [0.25, 0.3) is 5.91 Å². The van der Waals surface area contributed by atoms with Gasteiger partial charge in [-0.05, 0) is 31.9 Å². The van der Waals surface area contributed by atoms with E-state index in [1.54, 1.807) is 12.1 Å². The van der Waals surface area contributed by atoms with E-state index < -0.39 is 0 Å². The summed E-state index contributed by atoms with van der Waals surface area (Å²) in [6, 6.07) is 3.35. The number of nitrogens with one attached hydrogen (secondary N) is 1. The zero-order valence-corrected chi connectivity index (χ0v) is 14.7. The number of ether oxygens (including phenoxy) is 1. The summed E-state index contributed by atoms with van der Waals surface area (Å²) in [4.78, 5) is 15.0. The standard InChI is InChI=1S/C17H26ClN3O2/c1-3-4-7-21-8-5-12(6-9-21)20-17(22)13-10-14(18)15(19)11-16(13)23-2/h10-12H,3-9,19H2,1-2H3,(H,20,22). The molecule has 1 fully saturated rings. The topological polar surface area (TPSA) is 67.6 Å². The fraction of sp³-hybridized carbons (Fsp3) is 0.588. The van der Waals surface area contributed by atoms with Crippen LogP contribution in [0.1, 0.15) is 43.0 Å². The third-order valence-corrected chi connectivity index (χ3v) is 4.64. The van der Waals surface area contributed by atoms with E-state index in [1.807, 2.05) is 0 Å². The minimum Gasteiger partial charge on any atom is -0.496 e. The molecule has 23 heavy (non-hydrogen) atoms. The third kappa shape index (κ3) is 4.75. The summed E-state index contributed by atoms with van der Waals surface area (Å²) < 4.78 is 5.25. The van der Waals surface area contributed by atoms with Crippen LogP contribution in [0.4, 0.5) is 5.69 Å². The molecule has 0 saturated carbocycles. The second kappa shape index (κ2) is 8.41. The van der Waals surface area contributed by atoms with E-state index in [9.17, 15) is 4.79 Å². The summed E-state index contributed by atoms with van der Waals surface area (Å²) in [5, 5.41) is 3.45. The van der Waals surface area contributed by atoms with Crippen molar-refractivity contribution in [1.82, 2.24) is 10.2 Å². The van der Waals surface area contributed by atoms with Crippen LogP contribution < -0.4 is 15.8 Å². The number of rotatable bonds is 6. The Morgan fingerprint density at radius 1 is 1.43 bits per heavy atom. The smallest absolute Gasteiger partial charge is 0.255 e. The van der Waals surface area contributed by atoms with Crippen molar-refractivity contribution in [3.8, 4) is 5.75 Å². The second-order valence-electron chi connectivity index (χ2n) is 6.02. The Bertz CT molecular complexity index is 543. The normalized spacial score (nSPS) is 16.3. The molecule has 0 aromatic heterocycles. The zero-order chi connectivity index (χ0) is 16.8. The summed E-state index contributed by atoms with van der Waals surface area (Å²) in [5.74, 6) is 0.292. The van der Waals surface area contributed by atoms with Gasteiger partial charge in [-0.3, -0.25) is 4.79 Å². The predicted octanol–water partition coefficient (Wildman–Crippen LogP) is 2.93. The summed E-state index contributed by atoms with van der Waals surface area (Å²) in [6.45, 7) is 5.42. The predicted molar refractivity (Wildman–Crippen MR) is 94.3 cm³/mol. The summed E-state index contributed by atoms with van der Waals surface area (Å²) >= 11 is 6.03. The van der Waals surface area contributed by atoms with Crippen molar-refractivity contribution in [3.05, 3.63) is 22.7 Å². The SMILES string of the molecule is CCCCN1CCC(NC(=O)c2cc(Cl)c(N)cc2OC)CC1. The van der Waals surface area contributed by atoms with Crippen LogP contribution in [0.2, 0.25) is 5.02 Å². The van der Waals surface area contributed by atoms with Crippen molar-refractivity contribution in [2.45, 2.75) is 38.6 Å². The van der Waals surface area contributed by atoms with E-state index in [4.69, 9.17) is 22.1 Å². The highest BCUT2D eigenvalue weighted by molar-refractivity contribution is 6.33. The first-order valence-corrected chi connectivity index (χ1v) is 8.59. The number of anilines is 1. The van der Waals surface area contributed by atoms with Gasteiger partial charge in [-0.15, -0.1) is 0 Å². The fourth-order valence-electron chi connectivity index (χ4n) is 2.86. The van der Waals surface area contributed by atoms with Crippen molar-refractivity contribution < 1.29 is 9.53 Å². The van der Waals surface area contributed by atoms with Crippen molar-refractivity contribution in [3.63, 3.8) is 0 Å². The molecule has 0 aliphatic carbocycles. The number of hydrogen-bond donors (Lipinski definition) is 2. The third-order valence-electron chi connectivity index (χ3n) is 4.31. The zero-order valence-electron chi connectivity index (χ0n) is 13.9. The largest absolute Gasteiger partial charge is 0.496 e. The number of carbonyl (C=O) groups is 1. The van der Waals surface area contributed by atoms with Crippen molar-refractivity contribution in [2.75, 3.05) is 32.5 Å². The van der Waals surface area contributed by atoms with Gasteiger partial charge < -0.3 is 20.7 Å². The Morgan fingerprint density at radius 3 is 2.74 bits per heavy atom. The molecule has 2 rings (SSSR count). The molecule has 6 heteroatoms. The number of likely N-dealkylation sites (tertiary alicyclic amines) is 1. The maximum Gasteiger partial charge on any atom is 0.255 e. The lowest BCUT2D eigenvalue weighted by Crippen LogP contribution is -2.44. The molecular formula is C17H26ClN3O2. The van der Waals surface area contributed by atoms with Crippen molar-refractivity contribution in [1.29, 1.82) is 0 Å². The van der Waals surface area contributed by atoms with Crippen LogP contribution in [0.5, 0.6) is 5.75 Å². The lowest BCUT2D eigenvalue weighted by Gasteiger charge is -2.32. The lowest BCUT2D eigenvalue weighted by molar-refractivity contribution is 0.0908. The molecule has 0 bridgehead atoms. The Balaban J connectivity index is 1.94. The van der Waals surface area contributed by atoms with E-state index in [0.29, 0.717) is 22.0 Å². The van der Waals surface area contributed by atoms with Crippen LogP contribution in [0.25, 0.3) is 0 Å². The van der Waals surface area contributed by atoms with Crippen LogP contribution in [0, 0.1) is 0 Å². The highest BCUT2D eigenvalue weighted by Gasteiger charge is 2.22. The lowest BCUT2D eigenvalue weighted by atomic mass is 10.0. The van der Waals surface area contributed by atoms with E-state index >= 15 is 0 Å². The number of benzene rings is 1. The maximum atomic E-state index is 12.5. The number of amides is 1. The number of nitrogens with zero attached hydrogens (tertiary/aromatic N) is 1. The highest BCUT2D eigenvalue weighted by atomic mass is 35.5. The number of hydrogen-bond acceptors (Lipinski definition) is 4. The highest BCUT2D eigenvalue weighted by Crippen LogP contribution is 2.29. The quantitative estimate of drug-likeness (QED) is 0.782. The molecule has 1 heterocycles. The molecule has 0 spiro atoms. The van der Waals surface area contributed by atoms with Gasteiger partial charge in [0.15, 0.2) is 0 Å². The van der Waals surface area contributed by atoms with Gasteiger partial charge in [0, 0.05) is 25.2 Å². The number of nitrogen functional groups attached to an aromatic ring is 1. The molecule has 0 atom stereocenters. The van der Waals surface area contributed by atoms with Gasteiger partial charge in [-0.1, -0.05) is 24.9 Å². The Kier molecular flexibility index (Phi) is 6.54. The number of nitrogens with two attached hydrogens (primary N) is 1. The summed E-state index contributed by atoms with van der Waals surface area (Å²) in [6.07, 6.45) is 4.40. The molecule has 0 unspecified atom stereocenters. The average Bonchev–Trinajstić information content (AvgIpc) is 2.56. The molecular weight excluding hydrogens is 314 g/mol. The summed E-state index contributed by atoms with van der Waals surface area (Å²) in [5.41, 5.74) is 6.59. The van der Waals surface area contributed by atoms with Crippen molar-refractivity contribution >= 4 is 23.2 Å². The molecule has 1 aliphatic heterocycles. The number of piperidine rings is 1. The van der Waals surface area contributed by atoms with Gasteiger partial charge in [0.05, 0.1) is 23.4 Å². The van der Waals surface area contributed by atoms with Crippen LogP contribution in [0.3, 0.4) is 0 Å². The van der Waals surface area contributed by atoms with Crippen LogP contribution in [0.15, 0.2) is 12.1 Å². The number of halogens is 1. The molecule has 3 N–H and O–H groups in total. The van der Waals surface area contributed by atoms with Gasteiger partial charge >= 0.3 is 0 Å². The van der Waals surface area contributed by atoms with Gasteiger partial charge in [0.2, 0.25) is 0 Å². The Hall–Kier alpha value is -1.46. The molecule has 1 amide bonds. The van der Waals surface area contributed by atoms with Gasteiger partial charge in [0.1, 0.15) is 5.75 Å².